The van der Waals surface area contributed by atoms with Crippen molar-refractivity contribution in [1.82, 2.24) is 5.48 Å². The molecule has 1 rings (SSSR count). The first-order valence-corrected chi connectivity index (χ1v) is 4.81. The van der Waals surface area contributed by atoms with E-state index in [1.165, 1.54) is 12.2 Å². The molecule has 5 nitrogen and oxygen atoms in total. The molecular weight excluding hydrogens is 198 g/mol. The second kappa shape index (κ2) is 3.92. The summed E-state index contributed by atoms with van der Waals surface area (Å²) in [6, 6.07) is 0. The first-order valence-electron chi connectivity index (χ1n) is 4.81. The highest BCUT2D eigenvalue weighted by Crippen LogP contribution is 2.24. The SMILES string of the molecule is CC(C)(C)ON[C@@]1(C(=O)O)C=C[C@@H](O)C1. The van der Waals surface area contributed by atoms with Crippen molar-refractivity contribution in [2.75, 3.05) is 0 Å². The zero-order valence-corrected chi connectivity index (χ0v) is 9.15. The zero-order valence-electron chi connectivity index (χ0n) is 9.15. The first kappa shape index (κ1) is 12.2. The summed E-state index contributed by atoms with van der Waals surface area (Å²) >= 11 is 0. The third-order valence-electron chi connectivity index (χ3n) is 2.05. The predicted octanol–water partition coefficient (Wildman–Crippen LogP) is 0.450. The van der Waals surface area contributed by atoms with Crippen LogP contribution in [0.1, 0.15) is 27.2 Å². The topological polar surface area (TPSA) is 78.8 Å². The number of aliphatic hydroxyl groups excluding tert-OH is 1. The molecule has 0 unspecified atom stereocenters. The Kier molecular flexibility index (Phi) is 3.18. The minimum atomic E-state index is -1.31. The maximum Gasteiger partial charge on any atom is 0.330 e. The Labute approximate surface area is 88.7 Å². The molecule has 0 radical (unpaired) electrons. The van der Waals surface area contributed by atoms with Crippen LogP contribution in [-0.4, -0.2) is 33.4 Å². The van der Waals surface area contributed by atoms with E-state index in [9.17, 15) is 9.90 Å². The van der Waals surface area contributed by atoms with Gasteiger partial charge in [-0.25, -0.2) is 4.79 Å². The Hall–Kier alpha value is -0.910. The molecule has 1 aliphatic carbocycles. The molecule has 0 aromatic heterocycles. The standard InChI is InChI=1S/C10H17NO4/c1-9(2,3)15-11-10(8(13)14)5-4-7(12)6-10/h4-5,7,11-12H,6H2,1-3H3,(H,13,14)/t7-,10+/m1/s1. The average molecular weight is 215 g/mol. The van der Waals surface area contributed by atoms with Crippen LogP contribution in [0.5, 0.6) is 0 Å². The highest BCUT2D eigenvalue weighted by atomic mass is 16.7. The number of hydroxylamine groups is 1. The van der Waals surface area contributed by atoms with E-state index in [2.05, 4.69) is 5.48 Å². The van der Waals surface area contributed by atoms with Crippen LogP contribution in [0.3, 0.4) is 0 Å². The van der Waals surface area contributed by atoms with Crippen LogP contribution >= 0.6 is 0 Å². The summed E-state index contributed by atoms with van der Waals surface area (Å²) in [6.45, 7) is 5.43. The lowest BCUT2D eigenvalue weighted by atomic mass is 10.0. The summed E-state index contributed by atoms with van der Waals surface area (Å²) < 4.78 is 0. The molecule has 5 heteroatoms. The molecule has 0 saturated carbocycles. The third-order valence-corrected chi connectivity index (χ3v) is 2.05. The maximum absolute atomic E-state index is 11.1. The van der Waals surface area contributed by atoms with Crippen LogP contribution in [0.25, 0.3) is 0 Å². The van der Waals surface area contributed by atoms with Gasteiger partial charge in [-0.3, -0.25) is 4.84 Å². The number of aliphatic hydroxyl groups is 1. The van der Waals surface area contributed by atoms with Gasteiger partial charge in [0, 0.05) is 6.42 Å². The lowest BCUT2D eigenvalue weighted by Gasteiger charge is -2.29. The highest BCUT2D eigenvalue weighted by Gasteiger charge is 2.42. The fraction of sp³-hybridized carbons (Fsp3) is 0.700. The van der Waals surface area contributed by atoms with Crippen LogP contribution < -0.4 is 5.48 Å². The molecule has 0 aromatic carbocycles. The van der Waals surface area contributed by atoms with Crippen LogP contribution in [0.15, 0.2) is 12.2 Å². The number of hydrogen-bond acceptors (Lipinski definition) is 4. The van der Waals surface area contributed by atoms with Crippen LogP contribution in [0.4, 0.5) is 0 Å². The quantitative estimate of drug-likeness (QED) is 0.470. The Morgan fingerprint density at radius 2 is 2.20 bits per heavy atom. The number of aliphatic carboxylic acids is 1. The number of carboxylic acids is 1. The Balaban J connectivity index is 2.69. The van der Waals surface area contributed by atoms with Crippen molar-refractivity contribution in [3.05, 3.63) is 12.2 Å². The number of carboxylic acid groups (broad SMARTS) is 1. The Morgan fingerprint density at radius 1 is 1.60 bits per heavy atom. The molecule has 1 aliphatic rings. The fourth-order valence-electron chi connectivity index (χ4n) is 1.26. The van der Waals surface area contributed by atoms with E-state index in [0.717, 1.165) is 0 Å². The summed E-state index contributed by atoms with van der Waals surface area (Å²) in [5.74, 6) is -1.06. The predicted molar refractivity (Wildman–Crippen MR) is 54.1 cm³/mol. The van der Waals surface area contributed by atoms with E-state index >= 15 is 0 Å². The second-order valence-electron chi connectivity index (χ2n) is 4.72. The summed E-state index contributed by atoms with van der Waals surface area (Å²) in [5, 5.41) is 18.4. The van der Waals surface area contributed by atoms with Crippen molar-refractivity contribution < 1.29 is 19.8 Å². The van der Waals surface area contributed by atoms with Crippen LogP contribution in [-0.2, 0) is 9.63 Å². The van der Waals surface area contributed by atoms with Gasteiger partial charge in [0.1, 0.15) is 0 Å². The van der Waals surface area contributed by atoms with Crippen molar-refractivity contribution in [2.24, 2.45) is 0 Å². The minimum absolute atomic E-state index is 0.0818. The van der Waals surface area contributed by atoms with Gasteiger partial charge in [-0.1, -0.05) is 12.2 Å². The molecule has 15 heavy (non-hydrogen) atoms. The fourth-order valence-corrected chi connectivity index (χ4v) is 1.26. The van der Waals surface area contributed by atoms with Gasteiger partial charge in [0.2, 0.25) is 0 Å². The third kappa shape index (κ3) is 3.02. The molecule has 0 amide bonds. The number of nitrogens with one attached hydrogen (secondary N) is 1. The zero-order chi connectivity index (χ0) is 11.7. The summed E-state index contributed by atoms with van der Waals surface area (Å²) in [6.07, 6.45) is 2.22. The van der Waals surface area contributed by atoms with E-state index in [0.29, 0.717) is 0 Å². The Bertz CT molecular complexity index is 282. The first-order chi connectivity index (χ1) is 6.75. The minimum Gasteiger partial charge on any atom is -0.480 e. The molecule has 0 aliphatic heterocycles. The van der Waals surface area contributed by atoms with Gasteiger partial charge < -0.3 is 10.2 Å². The van der Waals surface area contributed by atoms with E-state index < -0.39 is 23.2 Å². The second-order valence-corrected chi connectivity index (χ2v) is 4.72. The summed E-state index contributed by atoms with van der Waals surface area (Å²) in [4.78, 5) is 16.3. The number of carbonyl (C=O) groups is 1. The van der Waals surface area contributed by atoms with Crippen molar-refractivity contribution in [2.45, 2.75) is 44.4 Å². The number of hydrogen-bond donors (Lipinski definition) is 3. The molecular formula is C10H17NO4. The monoisotopic (exact) mass is 215 g/mol. The number of rotatable bonds is 3. The van der Waals surface area contributed by atoms with E-state index in [-0.39, 0.29) is 6.42 Å². The summed E-state index contributed by atoms with van der Waals surface area (Å²) in [7, 11) is 0. The maximum atomic E-state index is 11.1. The average Bonchev–Trinajstić information content (AvgIpc) is 2.44. The molecule has 0 aromatic rings. The molecule has 0 fully saturated rings. The van der Waals surface area contributed by atoms with Crippen molar-refractivity contribution in [3.8, 4) is 0 Å². The molecule has 86 valence electrons. The molecule has 0 saturated heterocycles. The highest BCUT2D eigenvalue weighted by molar-refractivity contribution is 5.82. The van der Waals surface area contributed by atoms with Gasteiger partial charge in [-0.05, 0) is 20.8 Å². The molecule has 2 atom stereocenters. The Morgan fingerprint density at radius 3 is 2.53 bits per heavy atom. The van der Waals surface area contributed by atoms with Gasteiger partial charge in [-0.15, -0.1) is 0 Å². The molecule has 0 spiro atoms. The summed E-state index contributed by atoms with van der Waals surface area (Å²) in [5.41, 5.74) is 0.723. The van der Waals surface area contributed by atoms with E-state index in [4.69, 9.17) is 9.94 Å². The van der Waals surface area contributed by atoms with E-state index in [1.807, 2.05) is 20.8 Å². The van der Waals surface area contributed by atoms with E-state index in [1.54, 1.807) is 0 Å². The largest absolute Gasteiger partial charge is 0.480 e. The van der Waals surface area contributed by atoms with Crippen molar-refractivity contribution in [1.29, 1.82) is 0 Å². The lowest BCUT2D eigenvalue weighted by Crippen LogP contribution is -2.52. The van der Waals surface area contributed by atoms with Crippen molar-refractivity contribution >= 4 is 5.97 Å². The van der Waals surface area contributed by atoms with Gasteiger partial charge in [0.05, 0.1) is 11.7 Å². The molecule has 3 N–H and O–H groups in total. The smallest absolute Gasteiger partial charge is 0.330 e. The van der Waals surface area contributed by atoms with Gasteiger partial charge in [-0.2, -0.15) is 5.48 Å². The normalized spacial score (nSPS) is 30.8. The van der Waals surface area contributed by atoms with Crippen LogP contribution in [0, 0.1) is 0 Å². The van der Waals surface area contributed by atoms with Gasteiger partial charge in [0.25, 0.3) is 0 Å². The molecule has 0 bridgehead atoms. The van der Waals surface area contributed by atoms with Gasteiger partial charge in [0.15, 0.2) is 5.54 Å². The lowest BCUT2D eigenvalue weighted by molar-refractivity contribution is -0.159. The van der Waals surface area contributed by atoms with Gasteiger partial charge >= 0.3 is 5.97 Å². The molecule has 0 heterocycles. The van der Waals surface area contributed by atoms with Crippen molar-refractivity contribution in [3.63, 3.8) is 0 Å². The van der Waals surface area contributed by atoms with Crippen LogP contribution in [0.2, 0.25) is 0 Å².